The van der Waals surface area contributed by atoms with Gasteiger partial charge in [0, 0.05) is 7.05 Å². The quantitative estimate of drug-likeness (QED) is 0.738. The fourth-order valence-corrected chi connectivity index (χ4v) is 2.50. The minimum atomic E-state index is -3.53. The second-order valence-electron chi connectivity index (χ2n) is 3.37. The number of rotatable bonds is 3. The van der Waals surface area contributed by atoms with E-state index in [0.717, 1.165) is 10.0 Å². The lowest BCUT2D eigenvalue weighted by Crippen LogP contribution is -2.26. The van der Waals surface area contributed by atoms with Crippen LogP contribution in [0.4, 0.5) is 0 Å². The largest absolute Gasteiger partial charge is 0.288 e. The van der Waals surface area contributed by atoms with E-state index in [1.54, 1.807) is 19.1 Å². The molecule has 5 heteroatoms. The van der Waals surface area contributed by atoms with Gasteiger partial charge >= 0.3 is 0 Å². The Morgan fingerprint density at radius 1 is 1.27 bits per heavy atom. The highest BCUT2D eigenvalue weighted by Gasteiger charge is 2.22. The maximum atomic E-state index is 11.9. The van der Waals surface area contributed by atoms with Gasteiger partial charge in [-0.2, -0.15) is 0 Å². The van der Waals surface area contributed by atoms with Crippen LogP contribution in [0.15, 0.2) is 23.1 Å². The van der Waals surface area contributed by atoms with Crippen molar-refractivity contribution >= 4 is 10.0 Å². The SMILES string of the molecule is CON(C)S(=O)(=O)c1cc(C)ccc1C. The first-order valence-electron chi connectivity index (χ1n) is 4.50. The number of aryl methyl sites for hydroxylation is 2. The third-order valence-corrected chi connectivity index (χ3v) is 4.04. The van der Waals surface area contributed by atoms with Crippen LogP contribution in [0.1, 0.15) is 11.1 Å². The van der Waals surface area contributed by atoms with Crippen molar-refractivity contribution in [2.24, 2.45) is 0 Å². The molecule has 15 heavy (non-hydrogen) atoms. The van der Waals surface area contributed by atoms with Crippen LogP contribution in [0, 0.1) is 13.8 Å². The molecule has 4 nitrogen and oxygen atoms in total. The molecule has 0 saturated carbocycles. The summed E-state index contributed by atoms with van der Waals surface area (Å²) in [7, 11) is -0.837. The molecule has 0 aliphatic rings. The van der Waals surface area contributed by atoms with E-state index >= 15 is 0 Å². The Labute approximate surface area is 90.5 Å². The molecule has 0 heterocycles. The van der Waals surface area contributed by atoms with E-state index in [4.69, 9.17) is 4.84 Å². The van der Waals surface area contributed by atoms with E-state index in [1.807, 2.05) is 13.0 Å². The lowest BCUT2D eigenvalue weighted by molar-refractivity contribution is -0.0259. The van der Waals surface area contributed by atoms with Gasteiger partial charge in [-0.25, -0.2) is 8.42 Å². The molecule has 0 unspecified atom stereocenters. The molecule has 0 atom stereocenters. The Hall–Kier alpha value is -0.910. The first kappa shape index (κ1) is 12.2. The van der Waals surface area contributed by atoms with Crippen LogP contribution in [-0.2, 0) is 14.9 Å². The van der Waals surface area contributed by atoms with Crippen molar-refractivity contribution in [1.82, 2.24) is 4.47 Å². The van der Waals surface area contributed by atoms with Crippen LogP contribution < -0.4 is 0 Å². The molecule has 0 bridgehead atoms. The van der Waals surface area contributed by atoms with E-state index in [0.29, 0.717) is 5.56 Å². The molecule has 0 saturated heterocycles. The minimum Gasteiger partial charge on any atom is -0.288 e. The molecular weight excluding hydrogens is 214 g/mol. The van der Waals surface area contributed by atoms with Gasteiger partial charge in [-0.1, -0.05) is 16.6 Å². The number of nitrogens with zero attached hydrogens (tertiary/aromatic N) is 1. The van der Waals surface area contributed by atoms with Gasteiger partial charge in [0.1, 0.15) is 0 Å². The van der Waals surface area contributed by atoms with Crippen LogP contribution in [0.3, 0.4) is 0 Å². The van der Waals surface area contributed by atoms with Crippen LogP contribution >= 0.6 is 0 Å². The van der Waals surface area contributed by atoms with Crippen molar-refractivity contribution < 1.29 is 13.3 Å². The first-order chi connectivity index (χ1) is 6.89. The van der Waals surface area contributed by atoms with E-state index < -0.39 is 10.0 Å². The maximum Gasteiger partial charge on any atom is 0.265 e. The molecule has 0 aliphatic heterocycles. The lowest BCUT2D eigenvalue weighted by atomic mass is 10.2. The first-order valence-corrected chi connectivity index (χ1v) is 5.94. The van der Waals surface area contributed by atoms with Gasteiger partial charge in [-0.05, 0) is 31.0 Å². The van der Waals surface area contributed by atoms with Gasteiger partial charge in [-0.15, -0.1) is 0 Å². The van der Waals surface area contributed by atoms with Gasteiger partial charge in [-0.3, -0.25) is 4.84 Å². The summed E-state index contributed by atoms with van der Waals surface area (Å²) < 4.78 is 24.7. The third-order valence-electron chi connectivity index (χ3n) is 2.22. The lowest BCUT2D eigenvalue weighted by Gasteiger charge is -2.16. The van der Waals surface area contributed by atoms with Gasteiger partial charge in [0.25, 0.3) is 10.0 Å². The topological polar surface area (TPSA) is 46.6 Å². The summed E-state index contributed by atoms with van der Waals surface area (Å²) in [6.07, 6.45) is 0. The van der Waals surface area contributed by atoms with E-state index in [1.165, 1.54) is 14.2 Å². The number of benzene rings is 1. The number of hydrogen-bond acceptors (Lipinski definition) is 3. The normalized spacial score (nSPS) is 12.1. The van der Waals surface area contributed by atoms with Crippen LogP contribution in [0.2, 0.25) is 0 Å². The molecule has 0 spiro atoms. The fraction of sp³-hybridized carbons (Fsp3) is 0.400. The van der Waals surface area contributed by atoms with E-state index in [9.17, 15) is 8.42 Å². The Morgan fingerprint density at radius 3 is 2.40 bits per heavy atom. The zero-order valence-corrected chi connectivity index (χ0v) is 10.1. The van der Waals surface area contributed by atoms with Crippen molar-refractivity contribution in [1.29, 1.82) is 0 Å². The molecule has 0 aliphatic carbocycles. The van der Waals surface area contributed by atoms with Crippen molar-refractivity contribution in [3.05, 3.63) is 29.3 Å². The molecule has 1 aromatic rings. The zero-order valence-electron chi connectivity index (χ0n) is 9.31. The summed E-state index contributed by atoms with van der Waals surface area (Å²) >= 11 is 0. The van der Waals surface area contributed by atoms with Gasteiger partial charge in [0.05, 0.1) is 12.0 Å². The van der Waals surface area contributed by atoms with Crippen molar-refractivity contribution in [2.75, 3.05) is 14.2 Å². The fourth-order valence-electron chi connectivity index (χ4n) is 1.22. The Kier molecular flexibility index (Phi) is 3.49. The molecule has 1 rings (SSSR count). The predicted octanol–water partition coefficient (Wildman–Crippen LogP) is 1.49. The average molecular weight is 229 g/mol. The monoisotopic (exact) mass is 229 g/mol. The highest BCUT2D eigenvalue weighted by atomic mass is 32.2. The Bertz CT molecular complexity index is 454. The smallest absolute Gasteiger partial charge is 0.265 e. The van der Waals surface area contributed by atoms with Gasteiger partial charge < -0.3 is 0 Å². The molecule has 1 aromatic carbocycles. The standard InChI is InChI=1S/C10H15NO3S/c1-8-5-6-9(2)10(7-8)15(12,13)11(3)14-4/h5-7H,1-4H3. The average Bonchev–Trinajstić information content (AvgIpc) is 2.20. The van der Waals surface area contributed by atoms with Crippen LogP contribution in [-0.4, -0.2) is 27.0 Å². The third kappa shape index (κ3) is 2.37. The van der Waals surface area contributed by atoms with Crippen molar-refractivity contribution in [3.63, 3.8) is 0 Å². The second kappa shape index (κ2) is 4.30. The molecule has 0 amide bonds. The zero-order chi connectivity index (χ0) is 11.6. The summed E-state index contributed by atoms with van der Waals surface area (Å²) in [6, 6.07) is 5.30. The number of sulfonamides is 1. The number of hydrogen-bond donors (Lipinski definition) is 0. The minimum absolute atomic E-state index is 0.284. The molecule has 0 fully saturated rings. The summed E-state index contributed by atoms with van der Waals surface area (Å²) in [4.78, 5) is 4.99. The van der Waals surface area contributed by atoms with Crippen molar-refractivity contribution in [2.45, 2.75) is 18.7 Å². The Balaban J connectivity index is 3.33. The molecule has 0 aromatic heterocycles. The molecule has 84 valence electrons. The summed E-state index contributed by atoms with van der Waals surface area (Å²) in [5.41, 5.74) is 1.62. The van der Waals surface area contributed by atoms with E-state index in [-0.39, 0.29) is 4.90 Å². The maximum absolute atomic E-state index is 11.9. The Morgan fingerprint density at radius 2 is 1.87 bits per heavy atom. The summed E-state index contributed by atoms with van der Waals surface area (Å²) in [5, 5.41) is 0. The molecule has 0 radical (unpaired) electrons. The second-order valence-corrected chi connectivity index (χ2v) is 5.27. The molecule has 0 N–H and O–H groups in total. The highest BCUT2D eigenvalue weighted by Crippen LogP contribution is 2.19. The predicted molar refractivity (Wildman–Crippen MR) is 57.9 cm³/mol. The highest BCUT2D eigenvalue weighted by molar-refractivity contribution is 7.89. The van der Waals surface area contributed by atoms with Crippen LogP contribution in [0.5, 0.6) is 0 Å². The van der Waals surface area contributed by atoms with Crippen molar-refractivity contribution in [3.8, 4) is 0 Å². The van der Waals surface area contributed by atoms with Crippen LogP contribution in [0.25, 0.3) is 0 Å². The molecular formula is C10H15NO3S. The van der Waals surface area contributed by atoms with Gasteiger partial charge in [0.15, 0.2) is 0 Å². The summed E-state index contributed by atoms with van der Waals surface area (Å²) in [6.45, 7) is 3.61. The number of hydroxylamine groups is 1. The van der Waals surface area contributed by atoms with E-state index in [2.05, 4.69) is 0 Å². The summed E-state index contributed by atoms with van der Waals surface area (Å²) in [5.74, 6) is 0. The van der Waals surface area contributed by atoms with Gasteiger partial charge in [0.2, 0.25) is 0 Å².